The first kappa shape index (κ1) is 14.0. The third-order valence-corrected chi connectivity index (χ3v) is 3.77. The summed E-state index contributed by atoms with van der Waals surface area (Å²) in [5.74, 6) is 0. The van der Waals surface area contributed by atoms with E-state index in [0.717, 1.165) is 51.9 Å². The Morgan fingerprint density at radius 2 is 1.05 bits per heavy atom. The fourth-order valence-corrected chi connectivity index (χ4v) is 2.61. The van der Waals surface area contributed by atoms with Crippen LogP contribution in [0.15, 0.2) is 0 Å². The van der Waals surface area contributed by atoms with E-state index in [9.17, 15) is 9.59 Å². The molecule has 2 aliphatic rings. The van der Waals surface area contributed by atoms with Crippen LogP contribution in [0.4, 0.5) is 9.59 Å². The quantitative estimate of drug-likeness (QED) is 0.742. The summed E-state index contributed by atoms with van der Waals surface area (Å²) in [7, 11) is 0. The Kier molecular flexibility index (Phi) is 5.30. The number of amides is 4. The predicted molar refractivity (Wildman–Crippen MR) is 72.8 cm³/mol. The van der Waals surface area contributed by atoms with Gasteiger partial charge in [-0.1, -0.05) is 0 Å². The molecule has 2 heterocycles. The van der Waals surface area contributed by atoms with Crippen molar-refractivity contribution >= 4 is 12.1 Å². The zero-order chi connectivity index (χ0) is 13.5. The minimum atomic E-state index is -0.0707. The Labute approximate surface area is 114 Å². The minimum Gasteiger partial charge on any atom is -0.325 e. The van der Waals surface area contributed by atoms with Gasteiger partial charge in [0, 0.05) is 26.2 Å². The van der Waals surface area contributed by atoms with Crippen LogP contribution in [0.1, 0.15) is 38.5 Å². The Hall–Kier alpha value is -1.46. The molecule has 0 atom stereocenters. The summed E-state index contributed by atoms with van der Waals surface area (Å²) < 4.78 is 0. The first-order chi connectivity index (χ1) is 9.27. The second-order valence-electron chi connectivity index (χ2n) is 5.24. The third kappa shape index (κ3) is 4.29. The van der Waals surface area contributed by atoms with Gasteiger partial charge in [-0.25, -0.2) is 9.59 Å². The van der Waals surface area contributed by atoms with Gasteiger partial charge in [0.2, 0.25) is 0 Å². The van der Waals surface area contributed by atoms with Crippen molar-refractivity contribution in [3.05, 3.63) is 0 Å². The van der Waals surface area contributed by atoms with Crippen molar-refractivity contribution < 1.29 is 9.59 Å². The summed E-state index contributed by atoms with van der Waals surface area (Å²) in [6.45, 7) is 3.51. The van der Waals surface area contributed by atoms with Gasteiger partial charge in [-0.2, -0.15) is 0 Å². The highest BCUT2D eigenvalue weighted by molar-refractivity contribution is 5.76. The summed E-state index contributed by atoms with van der Waals surface area (Å²) in [6, 6.07) is -0.141. The SMILES string of the molecule is O=C(NCNC(=O)N1CCCCC1)N1CCCCC1. The number of urea groups is 2. The van der Waals surface area contributed by atoms with Crippen LogP contribution in [-0.4, -0.2) is 54.7 Å². The van der Waals surface area contributed by atoms with Crippen molar-refractivity contribution in [2.45, 2.75) is 38.5 Å². The van der Waals surface area contributed by atoms with Crippen molar-refractivity contribution in [1.29, 1.82) is 0 Å². The van der Waals surface area contributed by atoms with Gasteiger partial charge in [0.05, 0.1) is 6.67 Å². The number of piperidine rings is 2. The highest BCUT2D eigenvalue weighted by Crippen LogP contribution is 2.09. The molecule has 6 nitrogen and oxygen atoms in total. The largest absolute Gasteiger partial charge is 0.325 e. The molecule has 2 rings (SSSR count). The normalized spacial score (nSPS) is 20.0. The lowest BCUT2D eigenvalue weighted by atomic mass is 10.1. The second-order valence-corrected chi connectivity index (χ2v) is 5.24. The average molecular weight is 268 g/mol. The molecular weight excluding hydrogens is 244 g/mol. The Bertz CT molecular complexity index is 280. The van der Waals surface area contributed by atoms with Crippen LogP contribution in [0.25, 0.3) is 0 Å². The van der Waals surface area contributed by atoms with Crippen LogP contribution in [-0.2, 0) is 0 Å². The minimum absolute atomic E-state index is 0.0707. The summed E-state index contributed by atoms with van der Waals surface area (Å²) >= 11 is 0. The average Bonchev–Trinajstić information content (AvgIpc) is 2.49. The molecule has 2 fully saturated rings. The van der Waals surface area contributed by atoms with Crippen LogP contribution in [0.3, 0.4) is 0 Å². The maximum Gasteiger partial charge on any atom is 0.318 e. The van der Waals surface area contributed by atoms with Crippen molar-refractivity contribution in [3.8, 4) is 0 Å². The fourth-order valence-electron chi connectivity index (χ4n) is 2.61. The van der Waals surface area contributed by atoms with Crippen LogP contribution < -0.4 is 10.6 Å². The molecule has 108 valence electrons. The number of likely N-dealkylation sites (tertiary alicyclic amines) is 2. The molecule has 0 bridgehead atoms. The molecule has 0 unspecified atom stereocenters. The van der Waals surface area contributed by atoms with E-state index in [4.69, 9.17) is 0 Å². The van der Waals surface area contributed by atoms with Gasteiger partial charge < -0.3 is 20.4 Å². The molecule has 0 radical (unpaired) electrons. The summed E-state index contributed by atoms with van der Waals surface area (Å²) in [6.07, 6.45) is 6.72. The van der Waals surface area contributed by atoms with E-state index >= 15 is 0 Å². The van der Waals surface area contributed by atoms with Gasteiger partial charge in [-0.15, -0.1) is 0 Å². The molecule has 4 amide bonds. The molecule has 0 aromatic carbocycles. The molecule has 6 heteroatoms. The molecule has 0 saturated carbocycles. The van der Waals surface area contributed by atoms with E-state index in [0.29, 0.717) is 0 Å². The third-order valence-electron chi connectivity index (χ3n) is 3.77. The first-order valence-corrected chi connectivity index (χ1v) is 7.33. The van der Waals surface area contributed by atoms with Gasteiger partial charge >= 0.3 is 12.1 Å². The molecule has 0 spiro atoms. The molecular formula is C13H24N4O2. The molecule has 2 N–H and O–H groups in total. The van der Waals surface area contributed by atoms with Crippen LogP contribution in [0, 0.1) is 0 Å². The lowest BCUT2D eigenvalue weighted by Gasteiger charge is -2.28. The molecule has 2 aliphatic heterocycles. The molecule has 2 saturated heterocycles. The second kappa shape index (κ2) is 7.21. The highest BCUT2D eigenvalue weighted by atomic mass is 16.2. The van der Waals surface area contributed by atoms with Crippen molar-refractivity contribution in [3.63, 3.8) is 0 Å². The Balaban J connectivity index is 1.62. The number of hydrogen-bond acceptors (Lipinski definition) is 2. The Morgan fingerprint density at radius 3 is 1.42 bits per heavy atom. The number of carbonyl (C=O) groups excluding carboxylic acids is 2. The number of nitrogens with one attached hydrogen (secondary N) is 2. The van der Waals surface area contributed by atoms with Crippen LogP contribution >= 0.6 is 0 Å². The van der Waals surface area contributed by atoms with Crippen LogP contribution in [0.2, 0.25) is 0 Å². The smallest absolute Gasteiger partial charge is 0.318 e. The van der Waals surface area contributed by atoms with E-state index in [1.807, 2.05) is 9.80 Å². The Morgan fingerprint density at radius 1 is 0.684 bits per heavy atom. The summed E-state index contributed by atoms with van der Waals surface area (Å²) in [5.41, 5.74) is 0. The molecule has 0 aromatic heterocycles. The maximum atomic E-state index is 11.8. The van der Waals surface area contributed by atoms with E-state index in [-0.39, 0.29) is 18.7 Å². The van der Waals surface area contributed by atoms with E-state index in [1.54, 1.807) is 0 Å². The van der Waals surface area contributed by atoms with Gasteiger partial charge in [0.1, 0.15) is 0 Å². The predicted octanol–water partition coefficient (Wildman–Crippen LogP) is 1.33. The highest BCUT2D eigenvalue weighted by Gasteiger charge is 2.18. The zero-order valence-electron chi connectivity index (χ0n) is 11.5. The summed E-state index contributed by atoms with van der Waals surface area (Å²) in [4.78, 5) is 27.2. The fraction of sp³-hybridized carbons (Fsp3) is 0.846. The number of rotatable bonds is 2. The monoisotopic (exact) mass is 268 g/mol. The standard InChI is InChI=1S/C13H24N4O2/c18-12(16-7-3-1-4-8-16)14-11-15-13(19)17-9-5-2-6-10-17/h1-11H2,(H,14,18)(H,15,19). The van der Waals surface area contributed by atoms with Crippen LogP contribution in [0.5, 0.6) is 0 Å². The topological polar surface area (TPSA) is 64.7 Å². The van der Waals surface area contributed by atoms with Crippen molar-refractivity contribution in [2.75, 3.05) is 32.8 Å². The van der Waals surface area contributed by atoms with Gasteiger partial charge in [-0.05, 0) is 38.5 Å². The lowest BCUT2D eigenvalue weighted by Crippen LogP contribution is -2.50. The van der Waals surface area contributed by atoms with Gasteiger partial charge in [0.15, 0.2) is 0 Å². The molecule has 0 aliphatic carbocycles. The molecule has 19 heavy (non-hydrogen) atoms. The van der Waals surface area contributed by atoms with E-state index in [1.165, 1.54) is 12.8 Å². The van der Waals surface area contributed by atoms with Crippen molar-refractivity contribution in [2.24, 2.45) is 0 Å². The number of hydrogen-bond donors (Lipinski definition) is 2. The molecule has 0 aromatic rings. The number of carbonyl (C=O) groups is 2. The van der Waals surface area contributed by atoms with E-state index in [2.05, 4.69) is 10.6 Å². The van der Waals surface area contributed by atoms with E-state index < -0.39 is 0 Å². The van der Waals surface area contributed by atoms with Crippen molar-refractivity contribution in [1.82, 2.24) is 20.4 Å². The van der Waals surface area contributed by atoms with Gasteiger partial charge in [-0.3, -0.25) is 0 Å². The summed E-state index contributed by atoms with van der Waals surface area (Å²) in [5, 5.41) is 5.50. The zero-order valence-corrected chi connectivity index (χ0v) is 11.5. The lowest BCUT2D eigenvalue weighted by molar-refractivity contribution is 0.179. The maximum absolute atomic E-state index is 11.8. The first-order valence-electron chi connectivity index (χ1n) is 7.33. The number of nitrogens with zero attached hydrogens (tertiary/aromatic N) is 2. The van der Waals surface area contributed by atoms with Gasteiger partial charge in [0.25, 0.3) is 0 Å².